The molecular weight excluding hydrogens is 246 g/mol. The molecule has 0 bridgehead atoms. The topological polar surface area (TPSA) is 36.4 Å². The number of nitrogens with one attached hydrogen (secondary N) is 2. The summed E-state index contributed by atoms with van der Waals surface area (Å²) in [5, 5.41) is 6.99. The maximum absolute atomic E-state index is 4.33. The summed E-state index contributed by atoms with van der Waals surface area (Å²) < 4.78 is 0. The van der Waals surface area contributed by atoms with Gasteiger partial charge >= 0.3 is 0 Å². The summed E-state index contributed by atoms with van der Waals surface area (Å²) in [6.45, 7) is 5.51. The molecule has 0 saturated heterocycles. The molecule has 20 heavy (non-hydrogen) atoms. The van der Waals surface area contributed by atoms with Crippen LogP contribution < -0.4 is 10.6 Å². The molecule has 3 nitrogen and oxygen atoms in total. The molecule has 2 rings (SSSR count). The Balaban J connectivity index is 1.78. The lowest BCUT2D eigenvalue weighted by molar-refractivity contribution is 0.481. The quantitative estimate of drug-likeness (QED) is 0.617. The largest absolute Gasteiger partial charge is 0.356 e. The van der Waals surface area contributed by atoms with Gasteiger partial charge in [-0.15, -0.1) is 0 Å². The van der Waals surface area contributed by atoms with E-state index in [0.717, 1.165) is 18.4 Å². The summed E-state index contributed by atoms with van der Waals surface area (Å²) in [6.07, 6.45) is 3.64. The van der Waals surface area contributed by atoms with E-state index in [1.807, 2.05) is 7.05 Å². The van der Waals surface area contributed by atoms with Gasteiger partial charge in [0.05, 0.1) is 0 Å². The van der Waals surface area contributed by atoms with E-state index >= 15 is 0 Å². The summed E-state index contributed by atoms with van der Waals surface area (Å²) in [6, 6.07) is 11.3. The van der Waals surface area contributed by atoms with Gasteiger partial charge in [0.2, 0.25) is 0 Å². The van der Waals surface area contributed by atoms with Crippen LogP contribution in [0, 0.1) is 5.92 Å². The van der Waals surface area contributed by atoms with Gasteiger partial charge in [-0.3, -0.25) is 4.99 Å². The van der Waals surface area contributed by atoms with Crippen LogP contribution in [0.25, 0.3) is 0 Å². The standard InChI is InChI=1S/C17H27N3/c1-4-13(5-2)12-19-17(18-3)20-16-11-15(16)14-9-7-6-8-10-14/h6-10,13,15-16H,4-5,11-12H2,1-3H3,(H2,18,19,20). The Kier molecular flexibility index (Phi) is 5.45. The molecule has 1 aromatic carbocycles. The van der Waals surface area contributed by atoms with Crippen molar-refractivity contribution in [2.24, 2.45) is 10.9 Å². The number of aliphatic imine (C=N–C) groups is 1. The zero-order valence-corrected chi connectivity index (χ0v) is 12.9. The maximum atomic E-state index is 4.33. The Bertz CT molecular complexity index is 423. The van der Waals surface area contributed by atoms with Crippen LogP contribution in [-0.4, -0.2) is 25.6 Å². The van der Waals surface area contributed by atoms with E-state index in [0.29, 0.717) is 12.0 Å². The number of guanidine groups is 1. The number of hydrogen-bond donors (Lipinski definition) is 2. The van der Waals surface area contributed by atoms with Crippen LogP contribution in [0.1, 0.15) is 44.6 Å². The van der Waals surface area contributed by atoms with Crippen molar-refractivity contribution in [3.8, 4) is 0 Å². The third kappa shape index (κ3) is 3.99. The highest BCUT2D eigenvalue weighted by Crippen LogP contribution is 2.40. The van der Waals surface area contributed by atoms with Gasteiger partial charge in [0, 0.05) is 25.6 Å². The molecule has 1 aromatic rings. The zero-order chi connectivity index (χ0) is 14.4. The van der Waals surface area contributed by atoms with Crippen molar-refractivity contribution in [1.29, 1.82) is 0 Å². The Morgan fingerprint density at radius 2 is 1.95 bits per heavy atom. The van der Waals surface area contributed by atoms with Crippen molar-refractivity contribution < 1.29 is 0 Å². The molecular formula is C17H27N3. The van der Waals surface area contributed by atoms with Gasteiger partial charge in [0.1, 0.15) is 0 Å². The van der Waals surface area contributed by atoms with Gasteiger partial charge in [-0.05, 0) is 17.9 Å². The van der Waals surface area contributed by atoms with E-state index in [-0.39, 0.29) is 0 Å². The van der Waals surface area contributed by atoms with E-state index in [1.165, 1.54) is 24.8 Å². The van der Waals surface area contributed by atoms with Crippen molar-refractivity contribution in [2.45, 2.75) is 45.1 Å². The van der Waals surface area contributed by atoms with Crippen LogP contribution in [0.2, 0.25) is 0 Å². The first kappa shape index (κ1) is 14.9. The van der Waals surface area contributed by atoms with Crippen LogP contribution in [-0.2, 0) is 0 Å². The van der Waals surface area contributed by atoms with Gasteiger partial charge in [-0.2, -0.15) is 0 Å². The number of benzene rings is 1. The predicted molar refractivity (Wildman–Crippen MR) is 86.2 cm³/mol. The molecule has 0 aromatic heterocycles. The fourth-order valence-corrected chi connectivity index (χ4v) is 2.61. The van der Waals surface area contributed by atoms with Crippen LogP contribution >= 0.6 is 0 Å². The minimum atomic E-state index is 0.533. The molecule has 2 N–H and O–H groups in total. The van der Waals surface area contributed by atoms with E-state index < -0.39 is 0 Å². The molecule has 0 spiro atoms. The zero-order valence-electron chi connectivity index (χ0n) is 12.9. The highest BCUT2D eigenvalue weighted by molar-refractivity contribution is 5.80. The van der Waals surface area contributed by atoms with E-state index in [9.17, 15) is 0 Å². The third-order valence-corrected chi connectivity index (χ3v) is 4.28. The second-order valence-corrected chi connectivity index (χ2v) is 5.64. The van der Waals surface area contributed by atoms with Crippen molar-refractivity contribution >= 4 is 5.96 Å². The smallest absolute Gasteiger partial charge is 0.191 e. The molecule has 0 amide bonds. The van der Waals surface area contributed by atoms with E-state index in [4.69, 9.17) is 0 Å². The van der Waals surface area contributed by atoms with Gasteiger partial charge in [-0.25, -0.2) is 0 Å². The fraction of sp³-hybridized carbons (Fsp3) is 0.588. The van der Waals surface area contributed by atoms with E-state index in [1.54, 1.807) is 0 Å². The molecule has 3 heteroatoms. The number of hydrogen-bond acceptors (Lipinski definition) is 1. The molecule has 110 valence electrons. The van der Waals surface area contributed by atoms with Crippen molar-refractivity contribution in [3.63, 3.8) is 0 Å². The van der Waals surface area contributed by atoms with Crippen LogP contribution in [0.15, 0.2) is 35.3 Å². The first-order chi connectivity index (χ1) is 9.78. The minimum Gasteiger partial charge on any atom is -0.356 e. The van der Waals surface area contributed by atoms with Crippen molar-refractivity contribution in [3.05, 3.63) is 35.9 Å². The lowest BCUT2D eigenvalue weighted by Gasteiger charge is -2.16. The molecule has 0 radical (unpaired) electrons. The summed E-state index contributed by atoms with van der Waals surface area (Å²) in [5.74, 6) is 2.32. The highest BCUT2D eigenvalue weighted by Gasteiger charge is 2.38. The predicted octanol–water partition coefficient (Wildman–Crippen LogP) is 3.14. The normalized spacial score (nSPS) is 21.9. The summed E-state index contributed by atoms with van der Waals surface area (Å²) in [5.41, 5.74) is 1.43. The van der Waals surface area contributed by atoms with Crippen molar-refractivity contribution in [2.75, 3.05) is 13.6 Å². The summed E-state index contributed by atoms with van der Waals surface area (Å²) in [7, 11) is 1.85. The monoisotopic (exact) mass is 273 g/mol. The Labute approximate surface area is 122 Å². The van der Waals surface area contributed by atoms with Crippen LogP contribution in [0.4, 0.5) is 0 Å². The number of nitrogens with zero attached hydrogens (tertiary/aromatic N) is 1. The maximum Gasteiger partial charge on any atom is 0.191 e. The van der Waals surface area contributed by atoms with Gasteiger partial charge in [0.15, 0.2) is 5.96 Å². The van der Waals surface area contributed by atoms with Gasteiger partial charge < -0.3 is 10.6 Å². The Hall–Kier alpha value is -1.51. The molecule has 2 atom stereocenters. The summed E-state index contributed by atoms with van der Waals surface area (Å²) in [4.78, 5) is 4.33. The fourth-order valence-electron chi connectivity index (χ4n) is 2.61. The molecule has 0 aliphatic heterocycles. The number of rotatable bonds is 6. The van der Waals surface area contributed by atoms with Crippen LogP contribution in [0.5, 0.6) is 0 Å². The molecule has 1 aliphatic carbocycles. The molecule has 2 unspecified atom stereocenters. The minimum absolute atomic E-state index is 0.533. The highest BCUT2D eigenvalue weighted by atomic mass is 15.2. The summed E-state index contributed by atoms with van der Waals surface area (Å²) >= 11 is 0. The second kappa shape index (κ2) is 7.32. The molecule has 0 heterocycles. The Morgan fingerprint density at radius 1 is 1.25 bits per heavy atom. The average Bonchev–Trinajstić information content (AvgIpc) is 3.27. The lowest BCUT2D eigenvalue weighted by atomic mass is 10.0. The molecule has 1 fully saturated rings. The first-order valence-corrected chi connectivity index (χ1v) is 7.80. The lowest BCUT2D eigenvalue weighted by Crippen LogP contribution is -2.41. The Morgan fingerprint density at radius 3 is 2.55 bits per heavy atom. The molecule has 1 saturated carbocycles. The second-order valence-electron chi connectivity index (χ2n) is 5.64. The van der Waals surface area contributed by atoms with Crippen molar-refractivity contribution in [1.82, 2.24) is 10.6 Å². The van der Waals surface area contributed by atoms with Gasteiger partial charge in [-0.1, -0.05) is 57.0 Å². The van der Waals surface area contributed by atoms with Gasteiger partial charge in [0.25, 0.3) is 0 Å². The third-order valence-electron chi connectivity index (χ3n) is 4.28. The first-order valence-electron chi connectivity index (χ1n) is 7.80. The van der Waals surface area contributed by atoms with Crippen LogP contribution in [0.3, 0.4) is 0 Å². The SMILES string of the molecule is CCC(CC)CNC(=NC)NC1CC1c1ccccc1. The average molecular weight is 273 g/mol. The molecule has 1 aliphatic rings. The van der Waals surface area contributed by atoms with E-state index in [2.05, 4.69) is 59.8 Å².